The zero-order valence-corrected chi connectivity index (χ0v) is 11.1. The van der Waals surface area contributed by atoms with Gasteiger partial charge in [-0.15, -0.1) is 0 Å². The van der Waals surface area contributed by atoms with Crippen molar-refractivity contribution in [1.82, 2.24) is 4.72 Å². The van der Waals surface area contributed by atoms with E-state index >= 15 is 0 Å². The lowest BCUT2D eigenvalue weighted by atomic mass is 10.1. The molecule has 1 atom stereocenters. The van der Waals surface area contributed by atoms with Gasteiger partial charge in [-0.2, -0.15) is 5.26 Å². The van der Waals surface area contributed by atoms with E-state index in [9.17, 15) is 13.2 Å². The van der Waals surface area contributed by atoms with Gasteiger partial charge >= 0.3 is 5.97 Å². The van der Waals surface area contributed by atoms with Crippen molar-refractivity contribution >= 4 is 16.0 Å². The van der Waals surface area contributed by atoms with Crippen LogP contribution in [-0.4, -0.2) is 31.3 Å². The number of nitrogens with zero attached hydrogens (tertiary/aromatic N) is 1. The minimum atomic E-state index is -3.61. The molecule has 0 aliphatic carbocycles. The summed E-state index contributed by atoms with van der Waals surface area (Å²) in [5.74, 6) is -1.00. The SMILES string of the molecule is CC(C#N)S(=O)(=O)NCCc1ccc(C(=O)O)cc1. The molecule has 0 heterocycles. The Morgan fingerprint density at radius 3 is 2.47 bits per heavy atom. The molecule has 2 N–H and O–H groups in total. The van der Waals surface area contributed by atoms with Crippen LogP contribution in [0.25, 0.3) is 0 Å². The van der Waals surface area contributed by atoms with E-state index < -0.39 is 21.2 Å². The first-order valence-electron chi connectivity index (χ1n) is 5.57. The summed E-state index contributed by atoms with van der Waals surface area (Å²) in [6.45, 7) is 1.48. The Hall–Kier alpha value is -1.91. The summed E-state index contributed by atoms with van der Waals surface area (Å²) in [6.07, 6.45) is 0.428. The van der Waals surface area contributed by atoms with Crippen molar-refractivity contribution in [2.75, 3.05) is 6.54 Å². The van der Waals surface area contributed by atoms with Gasteiger partial charge in [0.25, 0.3) is 0 Å². The molecular weight excluding hydrogens is 268 g/mol. The van der Waals surface area contributed by atoms with E-state index in [1.54, 1.807) is 18.2 Å². The number of hydrogen-bond acceptors (Lipinski definition) is 4. The summed E-state index contributed by atoms with van der Waals surface area (Å²) in [5, 5.41) is 16.2. The first-order chi connectivity index (χ1) is 8.86. The minimum absolute atomic E-state index is 0.167. The smallest absolute Gasteiger partial charge is 0.335 e. The highest BCUT2D eigenvalue weighted by Crippen LogP contribution is 2.05. The van der Waals surface area contributed by atoms with Gasteiger partial charge in [0.05, 0.1) is 11.6 Å². The Balaban J connectivity index is 2.55. The molecule has 0 amide bonds. The quantitative estimate of drug-likeness (QED) is 0.801. The lowest BCUT2D eigenvalue weighted by Gasteiger charge is -2.07. The molecule has 1 aromatic carbocycles. The van der Waals surface area contributed by atoms with E-state index in [4.69, 9.17) is 10.4 Å². The van der Waals surface area contributed by atoms with Gasteiger partial charge in [-0.1, -0.05) is 12.1 Å². The van der Waals surface area contributed by atoms with E-state index in [2.05, 4.69) is 4.72 Å². The number of sulfonamides is 1. The van der Waals surface area contributed by atoms with Crippen LogP contribution >= 0.6 is 0 Å². The fraction of sp³-hybridized carbons (Fsp3) is 0.333. The zero-order valence-electron chi connectivity index (χ0n) is 10.3. The van der Waals surface area contributed by atoms with E-state index in [0.717, 1.165) is 5.56 Å². The molecule has 0 saturated heterocycles. The maximum Gasteiger partial charge on any atom is 0.335 e. The normalized spacial score (nSPS) is 12.6. The second kappa shape index (κ2) is 6.31. The van der Waals surface area contributed by atoms with E-state index in [1.165, 1.54) is 19.1 Å². The lowest BCUT2D eigenvalue weighted by Crippen LogP contribution is -2.33. The molecule has 1 rings (SSSR count). The highest BCUT2D eigenvalue weighted by molar-refractivity contribution is 7.90. The molecular formula is C12H14N2O4S. The van der Waals surface area contributed by atoms with Crippen LogP contribution in [0.5, 0.6) is 0 Å². The van der Waals surface area contributed by atoms with Gasteiger partial charge in [-0.05, 0) is 31.0 Å². The maximum atomic E-state index is 11.5. The number of nitrogens with one attached hydrogen (secondary N) is 1. The molecule has 6 nitrogen and oxygen atoms in total. The average molecular weight is 282 g/mol. The maximum absolute atomic E-state index is 11.5. The van der Waals surface area contributed by atoms with E-state index in [-0.39, 0.29) is 12.1 Å². The van der Waals surface area contributed by atoms with Crippen LogP contribution in [0.4, 0.5) is 0 Å². The fourth-order valence-electron chi connectivity index (χ4n) is 1.35. The lowest BCUT2D eigenvalue weighted by molar-refractivity contribution is 0.0697. The molecule has 0 saturated carbocycles. The van der Waals surface area contributed by atoms with Crippen LogP contribution in [0.3, 0.4) is 0 Å². The molecule has 0 spiro atoms. The summed E-state index contributed by atoms with van der Waals surface area (Å²) in [6, 6.07) is 7.84. The van der Waals surface area contributed by atoms with Gasteiger partial charge in [0.1, 0.15) is 0 Å². The van der Waals surface area contributed by atoms with E-state index in [0.29, 0.717) is 6.42 Å². The highest BCUT2D eigenvalue weighted by Gasteiger charge is 2.18. The number of hydrogen-bond donors (Lipinski definition) is 2. The zero-order chi connectivity index (χ0) is 14.5. The molecule has 0 aliphatic rings. The molecule has 0 aromatic heterocycles. The molecule has 7 heteroatoms. The fourth-order valence-corrected chi connectivity index (χ4v) is 2.12. The van der Waals surface area contributed by atoms with Crippen molar-refractivity contribution in [1.29, 1.82) is 5.26 Å². The van der Waals surface area contributed by atoms with Gasteiger partial charge in [-0.25, -0.2) is 17.9 Å². The summed E-state index contributed by atoms with van der Waals surface area (Å²) in [7, 11) is -3.61. The average Bonchev–Trinajstić information content (AvgIpc) is 2.38. The van der Waals surface area contributed by atoms with Crippen LogP contribution in [0, 0.1) is 11.3 Å². The Bertz CT molecular complexity index is 587. The minimum Gasteiger partial charge on any atom is -0.478 e. The van der Waals surface area contributed by atoms with Gasteiger partial charge in [0, 0.05) is 6.54 Å². The number of carboxylic acid groups (broad SMARTS) is 1. The number of benzene rings is 1. The Morgan fingerprint density at radius 2 is 2.00 bits per heavy atom. The third-order valence-electron chi connectivity index (χ3n) is 2.57. The van der Waals surface area contributed by atoms with E-state index in [1.807, 2.05) is 0 Å². The number of carboxylic acids is 1. The predicted octanol–water partition coefficient (Wildman–Crippen LogP) is 0.759. The highest BCUT2D eigenvalue weighted by atomic mass is 32.2. The largest absolute Gasteiger partial charge is 0.478 e. The number of carbonyl (C=O) groups is 1. The monoisotopic (exact) mass is 282 g/mol. The second-order valence-corrected chi connectivity index (χ2v) is 6.05. The van der Waals surface area contributed by atoms with Gasteiger partial charge in [-0.3, -0.25) is 0 Å². The van der Waals surface area contributed by atoms with Crippen molar-refractivity contribution in [2.45, 2.75) is 18.6 Å². The molecule has 102 valence electrons. The molecule has 0 radical (unpaired) electrons. The summed E-state index contributed by atoms with van der Waals surface area (Å²) in [4.78, 5) is 10.6. The number of rotatable bonds is 6. The molecule has 1 unspecified atom stereocenters. The Kier molecular flexibility index (Phi) is 5.03. The first-order valence-corrected chi connectivity index (χ1v) is 7.12. The van der Waals surface area contributed by atoms with Crippen molar-refractivity contribution in [3.05, 3.63) is 35.4 Å². The number of aromatic carboxylic acids is 1. The van der Waals surface area contributed by atoms with Crippen molar-refractivity contribution < 1.29 is 18.3 Å². The summed E-state index contributed by atoms with van der Waals surface area (Å²) < 4.78 is 25.3. The topological polar surface area (TPSA) is 107 Å². The third-order valence-corrected chi connectivity index (χ3v) is 4.21. The van der Waals surface area contributed by atoms with Gasteiger partial charge in [0.2, 0.25) is 10.0 Å². The Morgan fingerprint density at radius 1 is 1.42 bits per heavy atom. The van der Waals surface area contributed by atoms with Gasteiger partial charge < -0.3 is 5.11 Å². The predicted molar refractivity (Wildman–Crippen MR) is 69.1 cm³/mol. The van der Waals surface area contributed by atoms with Gasteiger partial charge in [0.15, 0.2) is 5.25 Å². The van der Waals surface area contributed by atoms with Crippen LogP contribution in [-0.2, 0) is 16.4 Å². The van der Waals surface area contributed by atoms with Crippen LogP contribution in [0.1, 0.15) is 22.8 Å². The Labute approximate surface area is 111 Å². The molecule has 0 aliphatic heterocycles. The molecule has 19 heavy (non-hydrogen) atoms. The van der Waals surface area contributed by atoms with Crippen LogP contribution < -0.4 is 4.72 Å². The van der Waals surface area contributed by atoms with Crippen LogP contribution in [0.2, 0.25) is 0 Å². The summed E-state index contributed by atoms with van der Waals surface area (Å²) >= 11 is 0. The number of nitriles is 1. The standard InChI is InChI=1S/C12H14N2O4S/c1-9(8-13)19(17,18)14-7-6-10-2-4-11(5-3-10)12(15)16/h2-5,9,14H,6-7H2,1H3,(H,15,16). The summed E-state index contributed by atoms with van der Waals surface area (Å²) in [5.41, 5.74) is 1.000. The van der Waals surface area contributed by atoms with Crippen molar-refractivity contribution in [3.63, 3.8) is 0 Å². The second-order valence-electron chi connectivity index (χ2n) is 3.96. The van der Waals surface area contributed by atoms with Crippen molar-refractivity contribution in [3.8, 4) is 6.07 Å². The third kappa shape index (κ3) is 4.35. The van der Waals surface area contributed by atoms with Crippen molar-refractivity contribution in [2.24, 2.45) is 0 Å². The van der Waals surface area contributed by atoms with Crippen LogP contribution in [0.15, 0.2) is 24.3 Å². The first kappa shape index (κ1) is 15.1. The molecule has 0 bridgehead atoms. The molecule has 1 aromatic rings. The molecule has 0 fully saturated rings.